The van der Waals surface area contributed by atoms with Crippen LogP contribution in [0.4, 0.5) is 0 Å². The van der Waals surface area contributed by atoms with Crippen molar-refractivity contribution in [2.24, 2.45) is 11.8 Å². The van der Waals surface area contributed by atoms with Gasteiger partial charge in [-0.05, 0) is 37.5 Å². The summed E-state index contributed by atoms with van der Waals surface area (Å²) in [5, 5.41) is 12.4. The van der Waals surface area contributed by atoms with E-state index in [0.29, 0.717) is 12.0 Å². The van der Waals surface area contributed by atoms with E-state index in [1.807, 2.05) is 6.33 Å². The highest BCUT2D eigenvalue weighted by Crippen LogP contribution is 2.36. The van der Waals surface area contributed by atoms with Crippen LogP contribution in [0.15, 0.2) is 6.33 Å². The number of piperidine rings is 1. The molecule has 1 aliphatic carbocycles. The van der Waals surface area contributed by atoms with Crippen molar-refractivity contribution >= 4 is 0 Å². The molecule has 0 spiro atoms. The SMILES string of the molecule is CC(C)Cn1cnnc1C1CCC2CCCCC2N1. The molecule has 1 saturated heterocycles. The lowest BCUT2D eigenvalue weighted by molar-refractivity contribution is 0.171. The number of aromatic nitrogens is 3. The van der Waals surface area contributed by atoms with E-state index in [4.69, 9.17) is 0 Å². The van der Waals surface area contributed by atoms with Gasteiger partial charge in [-0.25, -0.2) is 0 Å². The van der Waals surface area contributed by atoms with Gasteiger partial charge in [0.15, 0.2) is 0 Å². The van der Waals surface area contributed by atoms with Gasteiger partial charge < -0.3 is 9.88 Å². The number of nitrogens with one attached hydrogen (secondary N) is 1. The number of hydrogen-bond acceptors (Lipinski definition) is 3. The summed E-state index contributed by atoms with van der Waals surface area (Å²) in [6.45, 7) is 5.51. The summed E-state index contributed by atoms with van der Waals surface area (Å²) >= 11 is 0. The highest BCUT2D eigenvalue weighted by molar-refractivity contribution is 5.01. The molecular weight excluding hydrogens is 236 g/mol. The van der Waals surface area contributed by atoms with Gasteiger partial charge >= 0.3 is 0 Å². The van der Waals surface area contributed by atoms with Crippen molar-refractivity contribution in [2.75, 3.05) is 0 Å². The maximum atomic E-state index is 4.38. The average molecular weight is 262 g/mol. The molecule has 4 heteroatoms. The van der Waals surface area contributed by atoms with E-state index >= 15 is 0 Å². The zero-order valence-electron chi connectivity index (χ0n) is 12.2. The summed E-state index contributed by atoms with van der Waals surface area (Å²) in [6.07, 6.45) is 10.1. The van der Waals surface area contributed by atoms with E-state index in [9.17, 15) is 0 Å². The molecule has 3 atom stereocenters. The number of hydrogen-bond donors (Lipinski definition) is 1. The molecule has 1 aromatic rings. The molecule has 2 fully saturated rings. The predicted molar refractivity (Wildman–Crippen MR) is 75.7 cm³/mol. The minimum Gasteiger partial charge on any atom is -0.316 e. The standard InChI is InChI=1S/C15H26N4/c1-11(2)9-19-10-16-18-15(19)14-8-7-12-5-3-4-6-13(12)17-14/h10-14,17H,3-9H2,1-2H3. The first-order valence-electron chi connectivity index (χ1n) is 7.88. The predicted octanol–water partition coefficient (Wildman–Crippen LogP) is 2.92. The Morgan fingerprint density at radius 3 is 2.95 bits per heavy atom. The van der Waals surface area contributed by atoms with E-state index in [-0.39, 0.29) is 0 Å². The fourth-order valence-corrected chi connectivity index (χ4v) is 3.77. The van der Waals surface area contributed by atoms with Crippen molar-refractivity contribution < 1.29 is 0 Å². The summed E-state index contributed by atoms with van der Waals surface area (Å²) in [5.74, 6) is 2.70. The van der Waals surface area contributed by atoms with Crippen molar-refractivity contribution in [3.63, 3.8) is 0 Å². The molecule has 1 N–H and O–H groups in total. The topological polar surface area (TPSA) is 42.7 Å². The lowest BCUT2D eigenvalue weighted by atomic mass is 9.77. The summed E-state index contributed by atoms with van der Waals surface area (Å²) < 4.78 is 2.24. The second kappa shape index (κ2) is 5.61. The Hall–Kier alpha value is -0.900. The van der Waals surface area contributed by atoms with Gasteiger partial charge in [0.1, 0.15) is 12.2 Å². The van der Waals surface area contributed by atoms with Crippen LogP contribution in [0.1, 0.15) is 64.2 Å². The zero-order chi connectivity index (χ0) is 13.2. The summed E-state index contributed by atoms with van der Waals surface area (Å²) in [5.41, 5.74) is 0. The van der Waals surface area contributed by atoms with Gasteiger partial charge in [0.05, 0.1) is 6.04 Å². The fraction of sp³-hybridized carbons (Fsp3) is 0.867. The second-order valence-corrected chi connectivity index (χ2v) is 6.68. The van der Waals surface area contributed by atoms with Crippen LogP contribution < -0.4 is 5.32 Å². The first-order valence-corrected chi connectivity index (χ1v) is 7.88. The summed E-state index contributed by atoms with van der Waals surface area (Å²) in [4.78, 5) is 0. The van der Waals surface area contributed by atoms with E-state index in [1.165, 1.54) is 38.5 Å². The van der Waals surface area contributed by atoms with Crippen LogP contribution in [0.5, 0.6) is 0 Å². The highest BCUT2D eigenvalue weighted by Gasteiger charge is 2.33. The third-order valence-corrected chi connectivity index (χ3v) is 4.67. The maximum Gasteiger partial charge on any atom is 0.149 e. The molecule has 2 heterocycles. The van der Waals surface area contributed by atoms with Gasteiger partial charge in [-0.1, -0.05) is 26.7 Å². The van der Waals surface area contributed by atoms with Crippen LogP contribution in [-0.2, 0) is 6.54 Å². The van der Waals surface area contributed by atoms with E-state index in [2.05, 4.69) is 33.9 Å². The molecule has 0 aromatic carbocycles. The zero-order valence-corrected chi connectivity index (χ0v) is 12.2. The molecule has 1 saturated carbocycles. The van der Waals surface area contributed by atoms with Gasteiger partial charge in [-0.2, -0.15) is 0 Å². The molecule has 4 nitrogen and oxygen atoms in total. The van der Waals surface area contributed by atoms with Crippen LogP contribution in [0, 0.1) is 11.8 Å². The Morgan fingerprint density at radius 1 is 1.26 bits per heavy atom. The normalized spacial score (nSPS) is 31.4. The van der Waals surface area contributed by atoms with Crippen LogP contribution >= 0.6 is 0 Å². The lowest BCUT2D eigenvalue weighted by Gasteiger charge is -2.40. The van der Waals surface area contributed by atoms with Crippen molar-refractivity contribution in [3.8, 4) is 0 Å². The molecular formula is C15H26N4. The van der Waals surface area contributed by atoms with Crippen molar-refractivity contribution in [1.29, 1.82) is 0 Å². The quantitative estimate of drug-likeness (QED) is 0.910. The van der Waals surface area contributed by atoms with Gasteiger partial charge in [0, 0.05) is 12.6 Å². The average Bonchev–Trinajstić information content (AvgIpc) is 2.85. The largest absolute Gasteiger partial charge is 0.316 e. The first kappa shape index (κ1) is 13.1. The molecule has 2 aliphatic rings. The molecule has 0 radical (unpaired) electrons. The van der Waals surface area contributed by atoms with Crippen LogP contribution in [0.2, 0.25) is 0 Å². The van der Waals surface area contributed by atoms with E-state index in [1.54, 1.807) is 0 Å². The number of rotatable bonds is 3. The molecule has 1 aliphatic heterocycles. The Kier molecular flexibility index (Phi) is 3.87. The Balaban J connectivity index is 1.71. The van der Waals surface area contributed by atoms with Crippen molar-refractivity contribution in [2.45, 2.75) is 71.0 Å². The monoisotopic (exact) mass is 262 g/mol. The molecule has 0 bridgehead atoms. The molecule has 3 unspecified atom stereocenters. The van der Waals surface area contributed by atoms with Gasteiger partial charge in [0.25, 0.3) is 0 Å². The Morgan fingerprint density at radius 2 is 2.11 bits per heavy atom. The molecule has 1 aromatic heterocycles. The van der Waals surface area contributed by atoms with Crippen molar-refractivity contribution in [1.82, 2.24) is 20.1 Å². The second-order valence-electron chi connectivity index (χ2n) is 6.68. The smallest absolute Gasteiger partial charge is 0.149 e. The molecule has 19 heavy (non-hydrogen) atoms. The Labute approximate surface area is 116 Å². The first-order chi connectivity index (χ1) is 9.24. The Bertz CT molecular complexity index is 412. The van der Waals surface area contributed by atoms with E-state index in [0.717, 1.165) is 24.3 Å². The van der Waals surface area contributed by atoms with Gasteiger partial charge in [0.2, 0.25) is 0 Å². The summed E-state index contributed by atoms with van der Waals surface area (Å²) in [7, 11) is 0. The molecule has 0 amide bonds. The molecule has 3 rings (SSSR count). The number of fused-ring (bicyclic) bond motifs is 1. The van der Waals surface area contributed by atoms with Crippen LogP contribution in [-0.4, -0.2) is 20.8 Å². The third kappa shape index (κ3) is 2.83. The number of nitrogens with zero attached hydrogens (tertiary/aromatic N) is 3. The fourth-order valence-electron chi connectivity index (χ4n) is 3.77. The highest BCUT2D eigenvalue weighted by atomic mass is 15.3. The van der Waals surface area contributed by atoms with E-state index < -0.39 is 0 Å². The minimum atomic E-state index is 0.417. The third-order valence-electron chi connectivity index (χ3n) is 4.67. The van der Waals surface area contributed by atoms with Crippen LogP contribution in [0.3, 0.4) is 0 Å². The lowest BCUT2D eigenvalue weighted by Crippen LogP contribution is -2.45. The maximum absolute atomic E-state index is 4.38. The van der Waals surface area contributed by atoms with Crippen molar-refractivity contribution in [3.05, 3.63) is 12.2 Å². The molecule has 106 valence electrons. The minimum absolute atomic E-state index is 0.417. The summed E-state index contributed by atoms with van der Waals surface area (Å²) in [6, 6.07) is 1.14. The van der Waals surface area contributed by atoms with Crippen LogP contribution in [0.25, 0.3) is 0 Å². The van der Waals surface area contributed by atoms with Gasteiger partial charge in [-0.3, -0.25) is 0 Å². The van der Waals surface area contributed by atoms with Gasteiger partial charge in [-0.15, -0.1) is 10.2 Å².